The summed E-state index contributed by atoms with van der Waals surface area (Å²) in [6, 6.07) is 0. The second-order valence-electron chi connectivity index (χ2n) is 5.68. The summed E-state index contributed by atoms with van der Waals surface area (Å²) in [6.07, 6.45) is 0. The highest BCUT2D eigenvalue weighted by Crippen LogP contribution is 2.29. The minimum atomic E-state index is 0.296. The molecular formula is C14H24N4S2. The first-order chi connectivity index (χ1) is 9.41. The number of aryl methyl sites for hydroxylation is 2. The summed E-state index contributed by atoms with van der Waals surface area (Å²) >= 11 is 3.80. The van der Waals surface area contributed by atoms with Crippen molar-refractivity contribution in [1.82, 2.24) is 15.2 Å². The third-order valence-electron chi connectivity index (χ3n) is 3.41. The monoisotopic (exact) mass is 312 g/mol. The summed E-state index contributed by atoms with van der Waals surface area (Å²) in [5.74, 6) is 2.15. The van der Waals surface area contributed by atoms with Crippen molar-refractivity contribution in [3.05, 3.63) is 15.6 Å². The Hall–Kier alpha value is -0.750. The number of aliphatic imine (C=N–C) groups is 1. The molecule has 1 aliphatic rings. The number of nitrogens with one attached hydrogen (secondary N) is 1. The van der Waals surface area contributed by atoms with Gasteiger partial charge in [0.1, 0.15) is 5.01 Å². The van der Waals surface area contributed by atoms with Crippen molar-refractivity contribution in [2.45, 2.75) is 39.0 Å². The average molecular weight is 313 g/mol. The molecule has 20 heavy (non-hydrogen) atoms. The van der Waals surface area contributed by atoms with Gasteiger partial charge in [-0.15, -0.1) is 11.3 Å². The van der Waals surface area contributed by atoms with Crippen molar-refractivity contribution in [2.24, 2.45) is 4.99 Å². The van der Waals surface area contributed by atoms with Gasteiger partial charge in [0.25, 0.3) is 0 Å². The Kier molecular flexibility index (Phi) is 4.96. The van der Waals surface area contributed by atoms with E-state index in [4.69, 9.17) is 0 Å². The molecule has 2 rings (SSSR count). The summed E-state index contributed by atoms with van der Waals surface area (Å²) in [5.41, 5.74) is 1.14. The third kappa shape index (κ3) is 3.88. The minimum absolute atomic E-state index is 0.296. The maximum absolute atomic E-state index is 4.57. The molecule has 1 saturated heterocycles. The van der Waals surface area contributed by atoms with Crippen LogP contribution in [0, 0.1) is 13.8 Å². The molecule has 0 amide bonds. The molecular weight excluding hydrogens is 288 g/mol. The van der Waals surface area contributed by atoms with Gasteiger partial charge in [-0.25, -0.2) is 4.98 Å². The molecule has 0 radical (unpaired) electrons. The second kappa shape index (κ2) is 6.35. The molecule has 1 aromatic heterocycles. The summed E-state index contributed by atoms with van der Waals surface area (Å²) in [7, 11) is 1.86. The van der Waals surface area contributed by atoms with Gasteiger partial charge in [-0.3, -0.25) is 4.99 Å². The predicted molar refractivity (Wildman–Crippen MR) is 89.9 cm³/mol. The Morgan fingerprint density at radius 2 is 2.20 bits per heavy atom. The lowest BCUT2D eigenvalue weighted by molar-refractivity contribution is 0.375. The summed E-state index contributed by atoms with van der Waals surface area (Å²) < 4.78 is 0.296. The Morgan fingerprint density at radius 1 is 1.45 bits per heavy atom. The van der Waals surface area contributed by atoms with E-state index >= 15 is 0 Å². The fourth-order valence-corrected chi connectivity index (χ4v) is 4.28. The topological polar surface area (TPSA) is 40.5 Å². The summed E-state index contributed by atoms with van der Waals surface area (Å²) in [5, 5.41) is 4.58. The number of thiazole rings is 1. The van der Waals surface area contributed by atoms with E-state index in [0.717, 1.165) is 42.0 Å². The zero-order valence-electron chi connectivity index (χ0n) is 13.0. The molecule has 0 aliphatic carbocycles. The predicted octanol–water partition coefficient (Wildman–Crippen LogP) is 2.66. The van der Waals surface area contributed by atoms with E-state index in [1.807, 2.05) is 18.8 Å². The van der Waals surface area contributed by atoms with Crippen LogP contribution in [-0.4, -0.2) is 46.5 Å². The van der Waals surface area contributed by atoms with Crippen LogP contribution in [-0.2, 0) is 6.54 Å². The van der Waals surface area contributed by atoms with Gasteiger partial charge in [0.2, 0.25) is 0 Å². The van der Waals surface area contributed by atoms with Crippen LogP contribution in [0.2, 0.25) is 0 Å². The molecule has 4 nitrogen and oxygen atoms in total. The Morgan fingerprint density at radius 3 is 2.75 bits per heavy atom. The van der Waals surface area contributed by atoms with Gasteiger partial charge in [-0.2, -0.15) is 11.8 Å². The van der Waals surface area contributed by atoms with Gasteiger partial charge in [-0.05, 0) is 27.7 Å². The number of aromatic nitrogens is 1. The Bertz CT molecular complexity index is 474. The highest BCUT2D eigenvalue weighted by molar-refractivity contribution is 8.00. The summed E-state index contributed by atoms with van der Waals surface area (Å²) in [4.78, 5) is 12.6. The van der Waals surface area contributed by atoms with Gasteiger partial charge >= 0.3 is 0 Å². The van der Waals surface area contributed by atoms with Crippen LogP contribution in [0.4, 0.5) is 0 Å². The maximum atomic E-state index is 4.57. The molecule has 1 aromatic rings. The van der Waals surface area contributed by atoms with Crippen molar-refractivity contribution < 1.29 is 0 Å². The first-order valence-corrected chi connectivity index (χ1v) is 8.74. The van der Waals surface area contributed by atoms with Crippen molar-refractivity contribution >= 4 is 29.1 Å². The lowest BCUT2D eigenvalue weighted by Crippen LogP contribution is -2.50. The lowest BCUT2D eigenvalue weighted by Gasteiger charge is -2.39. The molecule has 1 fully saturated rings. The van der Waals surface area contributed by atoms with Crippen LogP contribution in [0.1, 0.15) is 29.4 Å². The first-order valence-electron chi connectivity index (χ1n) is 6.94. The number of hydrogen-bond acceptors (Lipinski definition) is 4. The fraction of sp³-hybridized carbons (Fsp3) is 0.714. The van der Waals surface area contributed by atoms with E-state index in [1.54, 1.807) is 11.3 Å². The van der Waals surface area contributed by atoms with E-state index in [1.165, 1.54) is 4.88 Å². The highest BCUT2D eigenvalue weighted by Gasteiger charge is 2.28. The molecule has 0 spiro atoms. The van der Waals surface area contributed by atoms with Crippen LogP contribution in [0.3, 0.4) is 0 Å². The molecule has 0 unspecified atom stereocenters. The molecule has 1 N–H and O–H groups in total. The van der Waals surface area contributed by atoms with E-state index in [-0.39, 0.29) is 0 Å². The zero-order chi connectivity index (χ0) is 14.8. The molecule has 112 valence electrons. The normalized spacial score (nSPS) is 19.2. The number of hydrogen-bond donors (Lipinski definition) is 1. The van der Waals surface area contributed by atoms with Gasteiger partial charge in [0, 0.05) is 35.5 Å². The van der Waals surface area contributed by atoms with Crippen molar-refractivity contribution in [2.75, 3.05) is 25.9 Å². The molecule has 0 bridgehead atoms. The van der Waals surface area contributed by atoms with Crippen molar-refractivity contribution in [3.63, 3.8) is 0 Å². The minimum Gasteiger partial charge on any atom is -0.350 e. The van der Waals surface area contributed by atoms with E-state index in [2.05, 4.69) is 47.9 Å². The highest BCUT2D eigenvalue weighted by atomic mass is 32.2. The van der Waals surface area contributed by atoms with E-state index in [9.17, 15) is 0 Å². The van der Waals surface area contributed by atoms with Crippen LogP contribution in [0.5, 0.6) is 0 Å². The van der Waals surface area contributed by atoms with Gasteiger partial charge in [0.15, 0.2) is 5.96 Å². The number of guanidine groups is 1. The van der Waals surface area contributed by atoms with Crippen LogP contribution >= 0.6 is 23.1 Å². The maximum Gasteiger partial charge on any atom is 0.194 e. The van der Waals surface area contributed by atoms with Crippen molar-refractivity contribution in [1.29, 1.82) is 0 Å². The van der Waals surface area contributed by atoms with Gasteiger partial charge in [-0.1, -0.05) is 0 Å². The number of thioether (sulfide) groups is 1. The Labute approximate surface area is 130 Å². The number of nitrogens with zero attached hydrogens (tertiary/aromatic N) is 3. The second-order valence-corrected chi connectivity index (χ2v) is 8.77. The molecule has 6 heteroatoms. The Balaban J connectivity index is 1.96. The quantitative estimate of drug-likeness (QED) is 0.673. The van der Waals surface area contributed by atoms with Crippen LogP contribution in [0.25, 0.3) is 0 Å². The molecule has 2 heterocycles. The SMILES string of the molecule is CN=C(NCc1nc(C)c(C)s1)N1CCSC(C)(C)C1. The largest absolute Gasteiger partial charge is 0.350 e. The van der Waals surface area contributed by atoms with Gasteiger partial charge in [0.05, 0.1) is 12.2 Å². The zero-order valence-corrected chi connectivity index (χ0v) is 14.6. The van der Waals surface area contributed by atoms with E-state index < -0.39 is 0 Å². The average Bonchev–Trinajstić information content (AvgIpc) is 2.68. The standard InChI is InChI=1S/C14H24N4S2/c1-10-11(2)20-12(17-10)8-16-13(15-5)18-6-7-19-14(3,4)9-18/h6-9H2,1-5H3,(H,15,16). The third-order valence-corrected chi connectivity index (χ3v) is 5.78. The summed E-state index contributed by atoms with van der Waals surface area (Å²) in [6.45, 7) is 11.6. The first kappa shape index (κ1) is 15.6. The molecule has 1 aliphatic heterocycles. The molecule has 0 aromatic carbocycles. The number of rotatable bonds is 2. The van der Waals surface area contributed by atoms with Crippen LogP contribution in [0.15, 0.2) is 4.99 Å². The smallest absolute Gasteiger partial charge is 0.194 e. The molecule has 0 atom stereocenters. The lowest BCUT2D eigenvalue weighted by atomic mass is 10.2. The van der Waals surface area contributed by atoms with Crippen LogP contribution < -0.4 is 5.32 Å². The van der Waals surface area contributed by atoms with Gasteiger partial charge < -0.3 is 10.2 Å². The fourth-order valence-electron chi connectivity index (χ4n) is 2.30. The van der Waals surface area contributed by atoms with Crippen molar-refractivity contribution in [3.8, 4) is 0 Å². The molecule has 0 saturated carbocycles. The van der Waals surface area contributed by atoms with E-state index in [0.29, 0.717) is 4.75 Å².